The predicted molar refractivity (Wildman–Crippen MR) is 598 cm³/mol. The molecule has 0 bridgehead atoms. The second-order valence-corrected chi connectivity index (χ2v) is 41.8. The minimum atomic E-state index is -0.511. The van der Waals surface area contributed by atoms with Crippen LogP contribution < -0.4 is 49.0 Å². The Kier molecular flexibility index (Phi) is 26.9. The molecule has 14 aliphatic rings. The van der Waals surface area contributed by atoms with Gasteiger partial charge in [-0.25, -0.2) is 0 Å². The van der Waals surface area contributed by atoms with E-state index in [-0.39, 0.29) is 64.2 Å². The van der Waals surface area contributed by atoms with Crippen LogP contribution in [0.4, 0.5) is 56.9 Å². The molecule has 10 heteroatoms. The molecule has 10 heterocycles. The molecule has 139 heavy (non-hydrogen) atoms. The number of rotatable bonds is 10. The number of fused-ring (bicyclic) bond motifs is 15. The summed E-state index contributed by atoms with van der Waals surface area (Å²) in [4.78, 5) is 22.6. The van der Waals surface area contributed by atoms with E-state index in [1.54, 1.807) is 5.56 Å². The molecule has 0 N–H and O–H groups in total. The van der Waals surface area contributed by atoms with E-state index in [1.165, 1.54) is 257 Å². The Hall–Kier alpha value is -11.9. The van der Waals surface area contributed by atoms with Crippen LogP contribution in [0.3, 0.4) is 0 Å². The number of allylic oxidation sites excluding steroid dienone is 10. The van der Waals surface area contributed by atoms with Crippen molar-refractivity contribution >= 4 is 56.9 Å². The van der Waals surface area contributed by atoms with Gasteiger partial charge in [-0.1, -0.05) is 334 Å². The van der Waals surface area contributed by atoms with Gasteiger partial charge in [0.15, 0.2) is 0 Å². The lowest BCUT2D eigenvalue weighted by atomic mass is 9.55. The van der Waals surface area contributed by atoms with Crippen LogP contribution in [0.5, 0.6) is 0 Å². The molecule has 11 aromatic carbocycles. The van der Waals surface area contributed by atoms with Gasteiger partial charge in [0, 0.05) is 124 Å². The first-order valence-corrected chi connectivity index (χ1v) is 50.7. The minimum absolute atomic E-state index is 0. The quantitative estimate of drug-likeness (QED) is 0.132. The number of anilines is 10. The van der Waals surface area contributed by atoms with Gasteiger partial charge in [0.25, 0.3) is 0 Å². The molecular weight excluding hydrogens is 1690 g/mol. The van der Waals surface area contributed by atoms with Crippen molar-refractivity contribution in [3.05, 3.63) is 391 Å². The summed E-state index contributed by atoms with van der Waals surface area (Å²) in [5.41, 5.74) is 38.7. The minimum Gasteiger partial charge on any atom is -0.325 e. The fraction of sp³-hybridized carbons (Fsp3) is 0.411. The maximum atomic E-state index is 9.53. The third-order valence-corrected chi connectivity index (χ3v) is 34.2. The summed E-state index contributed by atoms with van der Waals surface area (Å²) in [5.74, 6) is 2.70. The average molecular weight is 1860 g/mol. The Bertz CT molecular complexity index is 6670. The van der Waals surface area contributed by atoms with E-state index in [1.807, 2.05) is 0 Å². The highest BCUT2D eigenvalue weighted by atomic mass is 15.4. The molecule has 4 fully saturated rings. The van der Waals surface area contributed by atoms with Crippen LogP contribution in [0.2, 0.25) is 0 Å². The molecule has 0 saturated heterocycles. The summed E-state index contributed by atoms with van der Waals surface area (Å²) in [7, 11) is 0. The van der Waals surface area contributed by atoms with Gasteiger partial charge in [0.2, 0.25) is 0 Å². The molecule has 728 valence electrons. The first-order chi connectivity index (χ1) is 67.2. The number of benzene rings is 11. The van der Waals surface area contributed by atoms with Gasteiger partial charge in [-0.05, 0) is 287 Å². The second-order valence-electron chi connectivity index (χ2n) is 41.8. The van der Waals surface area contributed by atoms with Crippen molar-refractivity contribution in [2.75, 3.05) is 82.2 Å². The van der Waals surface area contributed by atoms with Gasteiger partial charge in [-0.15, -0.1) is 0 Å². The zero-order valence-corrected chi connectivity index (χ0v) is 82.1. The smallest absolute Gasteiger partial charge is 0.0995 e. The maximum absolute atomic E-state index is 9.53. The Balaban J connectivity index is 0.000000129. The topological polar surface area (TPSA) is 32.4 Å². The zero-order chi connectivity index (χ0) is 96.6. The van der Waals surface area contributed by atoms with Crippen LogP contribution in [0.15, 0.2) is 330 Å². The first kappa shape index (κ1) is 93.4. The second kappa shape index (κ2) is 40.0. The van der Waals surface area contributed by atoms with E-state index >= 15 is 0 Å². The summed E-state index contributed by atoms with van der Waals surface area (Å²) in [6.07, 6.45) is 25.4. The Morgan fingerprint density at radius 1 is 0.209 bits per heavy atom. The van der Waals surface area contributed by atoms with E-state index < -0.39 is 33.2 Å². The highest BCUT2D eigenvalue weighted by Crippen LogP contribution is 2.67. The molecule has 11 aromatic rings. The fourth-order valence-electron chi connectivity index (χ4n) is 27.7. The molecule has 10 nitrogen and oxygen atoms in total. The summed E-state index contributed by atoms with van der Waals surface area (Å²) in [5, 5.41) is 0. The lowest BCUT2D eigenvalue weighted by molar-refractivity contribution is 0.134. The summed E-state index contributed by atoms with van der Waals surface area (Å²) < 4.78 is 46.0. The molecule has 4 saturated carbocycles. The van der Waals surface area contributed by atoms with Crippen LogP contribution >= 0.6 is 0 Å². The average Bonchev–Trinajstić information content (AvgIpc) is 1.49. The largest absolute Gasteiger partial charge is 0.325 e. The van der Waals surface area contributed by atoms with Crippen molar-refractivity contribution in [3.8, 4) is 0 Å². The summed E-state index contributed by atoms with van der Waals surface area (Å²) >= 11 is 0. The van der Waals surface area contributed by atoms with Crippen LogP contribution in [0.25, 0.3) is 0 Å². The van der Waals surface area contributed by atoms with Crippen molar-refractivity contribution in [1.82, 2.24) is 0 Å². The molecule has 0 radical (unpaired) electrons. The van der Waals surface area contributed by atoms with E-state index in [0.717, 1.165) is 34.1 Å². The number of nitrogens with zero attached hydrogens (tertiary/aromatic N) is 10. The van der Waals surface area contributed by atoms with Gasteiger partial charge in [0.1, 0.15) is 0 Å². The number of hydrogen-bond acceptors (Lipinski definition) is 10. The van der Waals surface area contributed by atoms with Crippen LogP contribution in [-0.2, 0) is 27.1 Å². The molecule has 25 rings (SSSR count). The van der Waals surface area contributed by atoms with Crippen molar-refractivity contribution in [2.45, 2.75) is 290 Å². The van der Waals surface area contributed by atoms with Gasteiger partial charge >= 0.3 is 0 Å². The zero-order valence-electron chi connectivity index (χ0n) is 87.1. The molecule has 4 aliphatic carbocycles. The van der Waals surface area contributed by atoms with Gasteiger partial charge in [-0.2, -0.15) is 0 Å². The normalized spacial score (nSPS) is 25.2. The first-order valence-electron chi connectivity index (χ1n) is 53.5. The van der Waals surface area contributed by atoms with Crippen molar-refractivity contribution in [3.63, 3.8) is 0 Å². The molecule has 0 amide bonds. The summed E-state index contributed by atoms with van der Waals surface area (Å²) in [6.45, 7) is 31.2. The number of hydrogen-bond donors (Lipinski definition) is 0. The highest BCUT2D eigenvalue weighted by Gasteiger charge is 2.61. The van der Waals surface area contributed by atoms with Crippen molar-refractivity contribution in [1.29, 1.82) is 0 Å². The molecule has 8 unspecified atom stereocenters. The maximum Gasteiger partial charge on any atom is 0.0995 e. The Labute approximate surface area is 845 Å². The standard InChI is InChI=1S/C30H38N2.C25H30N2.C25H24N2.C24H28N2.C20H22N2.5CH4/c1-22-13-9-11-19-27(22)31-21-32-28-20-12-10-18-26(28)30(29(32)23(31)2,24-14-5-3-6-15-24)25-16-7-4-8-17-25;2*1-18-11-7-9-15-22(18)26-17-27-23-16-10-8-14-21(23)25(3,24(27)19(26)2)20-12-5-4-6-13-20;1-17-10-4-8-14-21(17)25-16-26-22-15-9-7-13-20(22)24(3,23(26)18(25)2)19-11-5-6-12-19;1-14-9-5-7-11-17(14)21-13-22-18-12-8-6-10-16(18)20(3,4)19(22)15(21)2;;;;;/h9-13,18-20,24-25H,3-8,14-17,21H2,1-2H3;7-11,14-16,20H,4-6,12-13,17H2,1-3H3;4-16H,17H2,1-3H3;4,7-10,13-15,19H,5-6,11-12,16H2,1-3H3;5-12H,13H2,1-4H3;5*1H4/i21D;2*17D;16D;13D;;;;;. The van der Waals surface area contributed by atoms with Gasteiger partial charge in [-0.3, -0.25) is 0 Å². The third kappa shape index (κ3) is 16.1. The highest BCUT2D eigenvalue weighted by molar-refractivity contribution is 5.85. The molecule has 10 aliphatic heterocycles. The third-order valence-electron chi connectivity index (χ3n) is 34.2. The monoisotopic (exact) mass is 1860 g/mol. The van der Waals surface area contributed by atoms with Gasteiger partial charge < -0.3 is 49.0 Å². The number of aryl methyl sites for hydroxylation is 5. The van der Waals surface area contributed by atoms with Crippen LogP contribution in [0.1, 0.15) is 296 Å². The van der Waals surface area contributed by atoms with Crippen molar-refractivity contribution in [2.24, 2.45) is 23.7 Å². The lowest BCUT2D eigenvalue weighted by Gasteiger charge is -2.48. The summed E-state index contributed by atoms with van der Waals surface area (Å²) in [6, 6.07) is 96.8. The van der Waals surface area contributed by atoms with E-state index in [4.69, 9.17) is 4.11 Å². The van der Waals surface area contributed by atoms with E-state index in [2.05, 4.69) is 426 Å². The predicted octanol–water partition coefficient (Wildman–Crippen LogP) is 34.1. The van der Waals surface area contributed by atoms with E-state index in [0.29, 0.717) is 23.7 Å². The Morgan fingerprint density at radius 3 is 0.777 bits per heavy atom. The molecular formula is C129H162N10. The fourth-order valence-corrected chi connectivity index (χ4v) is 27.7. The van der Waals surface area contributed by atoms with Gasteiger partial charge in [0.05, 0.1) is 56.9 Å². The molecule has 0 spiro atoms. The Morgan fingerprint density at radius 2 is 0.432 bits per heavy atom. The van der Waals surface area contributed by atoms with Crippen LogP contribution in [0, 0.1) is 58.3 Å². The van der Waals surface area contributed by atoms with E-state index in [9.17, 15) is 2.74 Å². The SMILES string of the molecule is C.C.C.C.C.[2H]C1N(c2ccccc2C)C(C)=C2N1c1ccccc1C2(C)C.[2H]C1N(c2ccccc2C)C(C)=C2N1c1ccccc1C2(C)C1CCCC1.[2H]C1N(c2ccccc2C)C(C)=C2N1c1ccccc1C2(C)C1CCCCC1.[2H]C1N(c2ccccc2C)C(C)=C2N1c1ccccc1C2(C)c1ccccc1.[2H]C1N(c2ccccc2C)C(C)=C2N1c1ccccc1C2(C1CCCCC1)C1CCCCC1. The molecule has 8 atom stereocenters. The van der Waals surface area contributed by atoms with Crippen molar-refractivity contribution < 1.29 is 6.85 Å². The molecule has 0 aromatic heterocycles. The van der Waals surface area contributed by atoms with Crippen LogP contribution in [-0.4, -0.2) is 33.2 Å². The lowest BCUT2D eigenvalue weighted by Crippen LogP contribution is -2.45. The number of para-hydroxylation sites is 10.